The SMILES string of the molecule is O=C(CCC(=O)c1ccc(F)cc1)NNC(=O)c1ccccn1. The quantitative estimate of drug-likeness (QED) is 0.648. The maximum Gasteiger partial charge on any atom is 0.288 e. The predicted octanol–water partition coefficient (Wildman–Crippen LogP) is 1.64. The van der Waals surface area contributed by atoms with Gasteiger partial charge in [0.2, 0.25) is 5.91 Å². The lowest BCUT2D eigenvalue weighted by Gasteiger charge is -2.06. The van der Waals surface area contributed by atoms with Gasteiger partial charge in [0.25, 0.3) is 5.91 Å². The van der Waals surface area contributed by atoms with Crippen molar-refractivity contribution in [3.8, 4) is 0 Å². The van der Waals surface area contributed by atoms with Crippen LogP contribution in [0.5, 0.6) is 0 Å². The van der Waals surface area contributed by atoms with Crippen molar-refractivity contribution < 1.29 is 18.8 Å². The van der Waals surface area contributed by atoms with E-state index in [1.165, 1.54) is 36.5 Å². The molecule has 1 aromatic heterocycles. The van der Waals surface area contributed by atoms with Crippen LogP contribution in [0, 0.1) is 5.82 Å². The van der Waals surface area contributed by atoms with Crippen LogP contribution in [0.4, 0.5) is 4.39 Å². The number of halogens is 1. The highest BCUT2D eigenvalue weighted by atomic mass is 19.1. The number of hydrogen-bond donors (Lipinski definition) is 2. The largest absolute Gasteiger partial charge is 0.294 e. The first-order valence-corrected chi connectivity index (χ1v) is 6.85. The Labute approximate surface area is 131 Å². The lowest BCUT2D eigenvalue weighted by Crippen LogP contribution is -2.42. The summed E-state index contributed by atoms with van der Waals surface area (Å²) >= 11 is 0. The van der Waals surface area contributed by atoms with Crippen LogP contribution in [0.2, 0.25) is 0 Å². The zero-order valence-electron chi connectivity index (χ0n) is 12.1. The maximum absolute atomic E-state index is 12.8. The summed E-state index contributed by atoms with van der Waals surface area (Å²) in [7, 11) is 0. The number of hydrazine groups is 1. The number of carbonyl (C=O) groups excluding carboxylic acids is 3. The second kappa shape index (κ2) is 7.79. The van der Waals surface area contributed by atoms with E-state index in [2.05, 4.69) is 15.8 Å². The number of ketones is 1. The first kappa shape index (κ1) is 16.3. The molecule has 2 amide bonds. The fraction of sp³-hybridized carbons (Fsp3) is 0.125. The summed E-state index contributed by atoms with van der Waals surface area (Å²) in [4.78, 5) is 38.9. The van der Waals surface area contributed by atoms with Gasteiger partial charge >= 0.3 is 0 Å². The molecule has 7 heteroatoms. The van der Waals surface area contributed by atoms with Gasteiger partial charge in [-0.3, -0.25) is 30.2 Å². The smallest absolute Gasteiger partial charge is 0.288 e. The van der Waals surface area contributed by atoms with Gasteiger partial charge in [-0.15, -0.1) is 0 Å². The Balaban J connectivity index is 1.76. The summed E-state index contributed by atoms with van der Waals surface area (Å²) < 4.78 is 12.8. The number of pyridine rings is 1. The molecule has 0 saturated carbocycles. The molecule has 0 aliphatic rings. The molecule has 0 unspecified atom stereocenters. The van der Waals surface area contributed by atoms with Crippen LogP contribution in [0.15, 0.2) is 48.7 Å². The summed E-state index contributed by atoms with van der Waals surface area (Å²) in [6, 6.07) is 9.89. The summed E-state index contributed by atoms with van der Waals surface area (Å²) in [6.07, 6.45) is 1.31. The second-order valence-corrected chi connectivity index (χ2v) is 4.65. The molecule has 2 rings (SSSR count). The molecule has 0 saturated heterocycles. The van der Waals surface area contributed by atoms with Crippen molar-refractivity contribution in [1.29, 1.82) is 0 Å². The van der Waals surface area contributed by atoms with Crippen molar-refractivity contribution in [2.24, 2.45) is 0 Å². The van der Waals surface area contributed by atoms with Crippen LogP contribution in [0.25, 0.3) is 0 Å². The summed E-state index contributed by atoms with van der Waals surface area (Å²) in [6.45, 7) is 0. The van der Waals surface area contributed by atoms with Gasteiger partial charge in [-0.1, -0.05) is 6.07 Å². The number of aromatic nitrogens is 1. The number of rotatable bonds is 5. The molecule has 0 spiro atoms. The van der Waals surface area contributed by atoms with Gasteiger partial charge in [0.1, 0.15) is 11.5 Å². The Morgan fingerprint density at radius 2 is 1.70 bits per heavy atom. The lowest BCUT2D eigenvalue weighted by molar-refractivity contribution is -0.121. The molecule has 2 N–H and O–H groups in total. The second-order valence-electron chi connectivity index (χ2n) is 4.65. The van der Waals surface area contributed by atoms with E-state index in [0.29, 0.717) is 5.56 Å². The average Bonchev–Trinajstić information content (AvgIpc) is 2.59. The minimum absolute atomic E-state index is 0.0447. The first-order chi connectivity index (χ1) is 11.1. The molecule has 0 aliphatic heterocycles. The van der Waals surface area contributed by atoms with Gasteiger partial charge in [-0.05, 0) is 36.4 Å². The van der Waals surface area contributed by atoms with Gasteiger partial charge < -0.3 is 0 Å². The normalized spacial score (nSPS) is 9.96. The fourth-order valence-electron chi connectivity index (χ4n) is 1.76. The van der Waals surface area contributed by atoms with Crippen molar-refractivity contribution in [3.05, 3.63) is 65.7 Å². The molecule has 0 radical (unpaired) electrons. The number of benzene rings is 1. The molecule has 23 heavy (non-hydrogen) atoms. The van der Waals surface area contributed by atoms with Crippen molar-refractivity contribution in [2.45, 2.75) is 12.8 Å². The van der Waals surface area contributed by atoms with E-state index < -0.39 is 17.6 Å². The van der Waals surface area contributed by atoms with Gasteiger partial charge in [-0.2, -0.15) is 0 Å². The Morgan fingerprint density at radius 3 is 2.35 bits per heavy atom. The molecule has 0 fully saturated rings. The van der Waals surface area contributed by atoms with Gasteiger partial charge in [0, 0.05) is 24.6 Å². The maximum atomic E-state index is 12.8. The van der Waals surface area contributed by atoms with Crippen molar-refractivity contribution >= 4 is 17.6 Å². The van der Waals surface area contributed by atoms with E-state index in [1.807, 2.05) is 0 Å². The molecule has 6 nitrogen and oxygen atoms in total. The number of amides is 2. The van der Waals surface area contributed by atoms with Crippen molar-refractivity contribution in [2.75, 3.05) is 0 Å². The Hall–Kier alpha value is -3.09. The highest BCUT2D eigenvalue weighted by molar-refractivity contribution is 5.98. The molecule has 2 aromatic rings. The van der Waals surface area contributed by atoms with E-state index in [0.717, 1.165) is 0 Å². The number of carbonyl (C=O) groups is 3. The zero-order chi connectivity index (χ0) is 16.7. The zero-order valence-corrected chi connectivity index (χ0v) is 12.1. The van der Waals surface area contributed by atoms with Crippen molar-refractivity contribution in [3.63, 3.8) is 0 Å². The molecule has 0 aliphatic carbocycles. The third-order valence-corrected chi connectivity index (χ3v) is 2.96. The highest BCUT2D eigenvalue weighted by Gasteiger charge is 2.11. The van der Waals surface area contributed by atoms with Crippen LogP contribution in [0.1, 0.15) is 33.7 Å². The molecule has 0 atom stereocenters. The van der Waals surface area contributed by atoms with Gasteiger partial charge in [-0.25, -0.2) is 4.39 Å². The van der Waals surface area contributed by atoms with E-state index in [4.69, 9.17) is 0 Å². The minimum atomic E-state index is -0.552. The summed E-state index contributed by atoms with van der Waals surface area (Å²) in [5, 5.41) is 0. The Morgan fingerprint density at radius 1 is 0.957 bits per heavy atom. The first-order valence-electron chi connectivity index (χ1n) is 6.85. The van der Waals surface area contributed by atoms with E-state index >= 15 is 0 Å². The molecular formula is C16H14FN3O3. The van der Waals surface area contributed by atoms with Gasteiger partial charge in [0.05, 0.1) is 0 Å². The third-order valence-electron chi connectivity index (χ3n) is 2.96. The summed E-state index contributed by atoms with van der Waals surface area (Å²) in [5.41, 5.74) is 4.91. The molecule has 118 valence electrons. The average molecular weight is 315 g/mol. The standard InChI is InChI=1S/C16H14FN3O3/c17-12-6-4-11(5-7-12)14(21)8-9-15(22)19-20-16(23)13-3-1-2-10-18-13/h1-7,10H,8-9H2,(H,19,22)(H,20,23). The van der Waals surface area contributed by atoms with E-state index in [-0.39, 0.29) is 24.3 Å². The molecule has 0 bridgehead atoms. The van der Waals surface area contributed by atoms with E-state index in [9.17, 15) is 18.8 Å². The van der Waals surface area contributed by atoms with Gasteiger partial charge in [0.15, 0.2) is 5.78 Å². The van der Waals surface area contributed by atoms with Crippen LogP contribution in [0.3, 0.4) is 0 Å². The van der Waals surface area contributed by atoms with Crippen molar-refractivity contribution in [1.82, 2.24) is 15.8 Å². The van der Waals surface area contributed by atoms with Crippen LogP contribution in [-0.4, -0.2) is 22.6 Å². The monoisotopic (exact) mass is 315 g/mol. The Bertz CT molecular complexity index is 702. The number of Topliss-reactive ketones (excluding diaryl/α,β-unsaturated/α-hetero) is 1. The van der Waals surface area contributed by atoms with E-state index in [1.54, 1.807) is 12.1 Å². The highest BCUT2D eigenvalue weighted by Crippen LogP contribution is 2.07. The number of nitrogens with one attached hydrogen (secondary N) is 2. The lowest BCUT2D eigenvalue weighted by atomic mass is 10.1. The minimum Gasteiger partial charge on any atom is -0.294 e. The fourth-order valence-corrected chi connectivity index (χ4v) is 1.76. The van der Waals surface area contributed by atoms with Crippen LogP contribution < -0.4 is 10.9 Å². The Kier molecular flexibility index (Phi) is 5.51. The summed E-state index contributed by atoms with van der Waals surface area (Å²) in [5.74, 6) is -1.78. The third kappa shape index (κ3) is 4.99. The molecular weight excluding hydrogens is 301 g/mol. The molecule has 1 heterocycles. The molecule has 1 aromatic carbocycles. The topological polar surface area (TPSA) is 88.2 Å². The number of nitrogens with zero attached hydrogens (tertiary/aromatic N) is 1. The number of hydrogen-bond acceptors (Lipinski definition) is 4. The predicted molar refractivity (Wildman–Crippen MR) is 79.8 cm³/mol. The van der Waals surface area contributed by atoms with Crippen LogP contribution in [-0.2, 0) is 4.79 Å². The van der Waals surface area contributed by atoms with Crippen LogP contribution >= 0.6 is 0 Å².